The Labute approximate surface area is 135 Å². The van der Waals surface area contributed by atoms with E-state index in [4.69, 9.17) is 0 Å². The number of carbonyl (C=O) groups excluding carboxylic acids is 1. The molecular weight excluding hydrogens is 294 g/mol. The van der Waals surface area contributed by atoms with Crippen molar-refractivity contribution >= 4 is 23.1 Å². The zero-order chi connectivity index (χ0) is 15.2. The summed E-state index contributed by atoms with van der Waals surface area (Å²) >= 11 is 1.65. The summed E-state index contributed by atoms with van der Waals surface area (Å²) < 4.78 is 0. The maximum absolute atomic E-state index is 12.4. The monoisotopic (exact) mass is 316 g/mol. The highest BCUT2D eigenvalue weighted by Gasteiger charge is 2.22. The van der Waals surface area contributed by atoms with Gasteiger partial charge in [-0.3, -0.25) is 10.1 Å². The summed E-state index contributed by atoms with van der Waals surface area (Å²) in [4.78, 5) is 16.8. The Morgan fingerprint density at radius 2 is 2.09 bits per heavy atom. The van der Waals surface area contributed by atoms with Gasteiger partial charge in [-0.15, -0.1) is 11.3 Å². The second-order valence-corrected chi connectivity index (χ2v) is 6.73. The highest BCUT2D eigenvalue weighted by molar-refractivity contribution is 7.09. The van der Waals surface area contributed by atoms with Crippen molar-refractivity contribution in [2.75, 3.05) is 5.32 Å². The lowest BCUT2D eigenvalue weighted by atomic mass is 9.95. The van der Waals surface area contributed by atoms with Gasteiger partial charge in [-0.2, -0.15) is 0 Å². The molecule has 3 rings (SSSR count). The highest BCUT2D eigenvalue weighted by atomic mass is 32.1. The molecule has 1 amide bonds. The quantitative estimate of drug-likeness (QED) is 0.890. The molecule has 0 saturated heterocycles. The van der Waals surface area contributed by atoms with Crippen molar-refractivity contribution < 1.29 is 9.78 Å². The molecule has 3 N–H and O–H groups in total. The predicted octanol–water partition coefficient (Wildman–Crippen LogP) is 3.24. The van der Waals surface area contributed by atoms with Crippen LogP contribution >= 0.6 is 11.3 Å². The molecule has 22 heavy (non-hydrogen) atoms. The van der Waals surface area contributed by atoms with Gasteiger partial charge in [0.25, 0.3) is 11.7 Å². The van der Waals surface area contributed by atoms with Gasteiger partial charge in [0, 0.05) is 4.88 Å². The molecule has 1 fully saturated rings. The maximum atomic E-state index is 12.4. The molecule has 2 heterocycles. The number of anilines is 1. The van der Waals surface area contributed by atoms with E-state index in [1.165, 1.54) is 32.1 Å². The van der Waals surface area contributed by atoms with Crippen LogP contribution < -0.4 is 15.6 Å². The molecule has 0 aromatic carbocycles. The van der Waals surface area contributed by atoms with Gasteiger partial charge < -0.3 is 5.32 Å². The Kier molecular flexibility index (Phi) is 5.06. The molecule has 5 heteroatoms. The number of hydrogen-bond acceptors (Lipinski definition) is 3. The maximum Gasteiger partial charge on any atom is 0.285 e. The van der Waals surface area contributed by atoms with Crippen LogP contribution in [-0.2, 0) is 6.54 Å². The first-order valence-electron chi connectivity index (χ1n) is 7.91. The third-order valence-corrected chi connectivity index (χ3v) is 4.93. The average molecular weight is 316 g/mol. The molecule has 4 nitrogen and oxygen atoms in total. The Morgan fingerprint density at radius 3 is 2.86 bits per heavy atom. The minimum atomic E-state index is -0.0384. The fraction of sp³-hybridized carbons (Fsp3) is 0.412. The molecule has 0 atom stereocenters. The molecular formula is C17H22N3OS+. The second kappa shape index (κ2) is 7.40. The van der Waals surface area contributed by atoms with E-state index in [2.05, 4.69) is 15.6 Å². The second-order valence-electron chi connectivity index (χ2n) is 5.70. The van der Waals surface area contributed by atoms with Gasteiger partial charge in [0.1, 0.15) is 5.56 Å². The van der Waals surface area contributed by atoms with Gasteiger partial charge in [0.15, 0.2) is 0 Å². The first-order chi connectivity index (χ1) is 10.8. The summed E-state index contributed by atoms with van der Waals surface area (Å²) in [7, 11) is 0. The molecule has 2 aromatic heterocycles. The normalized spacial score (nSPS) is 15.5. The van der Waals surface area contributed by atoms with Crippen molar-refractivity contribution in [2.24, 2.45) is 0 Å². The van der Waals surface area contributed by atoms with Gasteiger partial charge in [-0.1, -0.05) is 12.5 Å². The third kappa shape index (κ3) is 3.85. The molecule has 1 aliphatic carbocycles. The molecule has 0 aliphatic heterocycles. The molecule has 1 aliphatic rings. The first kappa shape index (κ1) is 15.0. The fourth-order valence-electron chi connectivity index (χ4n) is 2.87. The smallest absolute Gasteiger partial charge is 0.285 e. The van der Waals surface area contributed by atoms with Gasteiger partial charge in [-0.25, -0.2) is 4.98 Å². The number of aromatic nitrogens is 1. The summed E-state index contributed by atoms with van der Waals surface area (Å²) in [6.45, 7) is 0.578. The number of rotatable bonds is 5. The van der Waals surface area contributed by atoms with Crippen molar-refractivity contribution in [3.63, 3.8) is 0 Å². The molecule has 0 radical (unpaired) electrons. The van der Waals surface area contributed by atoms with E-state index in [9.17, 15) is 4.79 Å². The minimum Gasteiger partial charge on any atom is -0.347 e. The third-order valence-electron chi connectivity index (χ3n) is 4.06. The van der Waals surface area contributed by atoms with E-state index in [-0.39, 0.29) is 5.91 Å². The van der Waals surface area contributed by atoms with Crippen LogP contribution in [0, 0.1) is 0 Å². The van der Waals surface area contributed by atoms with Gasteiger partial charge >= 0.3 is 0 Å². The van der Waals surface area contributed by atoms with E-state index < -0.39 is 0 Å². The number of hydrogen-bond donors (Lipinski definition) is 2. The topological polar surface area (TPSA) is 55.3 Å². The van der Waals surface area contributed by atoms with E-state index in [0.717, 1.165) is 10.7 Å². The summed E-state index contributed by atoms with van der Waals surface area (Å²) in [5, 5.41) is 8.52. The van der Waals surface area contributed by atoms with Crippen LogP contribution in [0.5, 0.6) is 0 Å². The molecule has 1 saturated carbocycles. The van der Waals surface area contributed by atoms with Crippen LogP contribution in [-0.4, -0.2) is 11.9 Å². The Morgan fingerprint density at radius 1 is 1.23 bits per heavy atom. The number of thiophene rings is 1. The average Bonchev–Trinajstić information content (AvgIpc) is 3.08. The number of H-pyrrole nitrogens is 1. The number of aromatic amines is 1. The summed E-state index contributed by atoms with van der Waals surface area (Å²) in [6.07, 6.45) is 8.08. The lowest BCUT2D eigenvalue weighted by Crippen LogP contribution is -2.31. The van der Waals surface area contributed by atoms with Crippen LogP contribution in [0.1, 0.15) is 47.3 Å². The van der Waals surface area contributed by atoms with Crippen LogP contribution in [0.3, 0.4) is 0 Å². The van der Waals surface area contributed by atoms with E-state index in [1.807, 2.05) is 35.8 Å². The van der Waals surface area contributed by atoms with Gasteiger partial charge in [0.2, 0.25) is 0 Å². The Bertz CT molecular complexity index is 606. The van der Waals surface area contributed by atoms with Gasteiger partial charge in [0.05, 0.1) is 18.8 Å². The SMILES string of the molecule is O=C(NCc1cccs1)c1ccc[nH+]c1NC1CCCCC1. The number of carbonyl (C=O) groups is 1. The van der Waals surface area contributed by atoms with Crippen molar-refractivity contribution in [3.05, 3.63) is 46.3 Å². The summed E-state index contributed by atoms with van der Waals surface area (Å²) in [5.41, 5.74) is 0.685. The molecule has 0 unspecified atom stereocenters. The first-order valence-corrected chi connectivity index (χ1v) is 8.79. The van der Waals surface area contributed by atoms with E-state index in [1.54, 1.807) is 11.3 Å². The Hall–Kier alpha value is -1.88. The Balaban J connectivity index is 1.65. The van der Waals surface area contributed by atoms with Crippen molar-refractivity contribution in [2.45, 2.75) is 44.7 Å². The molecule has 0 spiro atoms. The van der Waals surface area contributed by atoms with E-state index >= 15 is 0 Å². The van der Waals surface area contributed by atoms with Gasteiger partial charge in [-0.05, 0) is 49.3 Å². The zero-order valence-corrected chi connectivity index (χ0v) is 13.4. The van der Waals surface area contributed by atoms with Crippen LogP contribution in [0.2, 0.25) is 0 Å². The predicted molar refractivity (Wildman–Crippen MR) is 89.0 cm³/mol. The van der Waals surface area contributed by atoms with Crippen LogP contribution in [0.25, 0.3) is 0 Å². The molecule has 116 valence electrons. The minimum absolute atomic E-state index is 0.0384. The fourth-order valence-corrected chi connectivity index (χ4v) is 3.52. The zero-order valence-electron chi connectivity index (χ0n) is 12.6. The summed E-state index contributed by atoms with van der Waals surface area (Å²) in [6, 6.07) is 8.23. The standard InChI is InChI=1S/C17H21N3OS/c21-17(19-12-14-8-5-11-22-14)15-9-4-10-18-16(15)20-13-6-2-1-3-7-13/h4-5,8-11,13H,1-3,6-7,12H2,(H,18,20)(H,19,21)/p+1. The van der Waals surface area contributed by atoms with Crippen molar-refractivity contribution in [1.82, 2.24) is 5.32 Å². The lowest BCUT2D eigenvalue weighted by Gasteiger charge is -2.19. The van der Waals surface area contributed by atoms with Crippen LogP contribution in [0.15, 0.2) is 35.8 Å². The largest absolute Gasteiger partial charge is 0.347 e. The number of amides is 1. The van der Waals surface area contributed by atoms with Crippen molar-refractivity contribution in [1.29, 1.82) is 0 Å². The van der Waals surface area contributed by atoms with E-state index in [0.29, 0.717) is 18.2 Å². The molecule has 0 bridgehead atoms. The lowest BCUT2D eigenvalue weighted by molar-refractivity contribution is -0.361. The van der Waals surface area contributed by atoms with Crippen LogP contribution in [0.4, 0.5) is 5.82 Å². The number of pyridine rings is 1. The molecule has 2 aromatic rings. The highest BCUT2D eigenvalue weighted by Crippen LogP contribution is 2.21. The van der Waals surface area contributed by atoms with Crippen molar-refractivity contribution in [3.8, 4) is 0 Å². The summed E-state index contributed by atoms with van der Waals surface area (Å²) in [5.74, 6) is 0.793. The number of nitrogens with one attached hydrogen (secondary N) is 3.